The van der Waals surface area contributed by atoms with Crippen LogP contribution in [0.25, 0.3) is 0 Å². The molecule has 0 aliphatic rings. The minimum Gasteiger partial charge on any atom is -0.491 e. The molecule has 6 nitrogen and oxygen atoms in total. The number of nitrogen functional groups attached to an aromatic ring is 1. The number of carbonyl (C=O) groups is 1. The molecule has 0 bridgehead atoms. The molecule has 0 heterocycles. The first-order valence-electron chi connectivity index (χ1n) is 8.05. The molecule has 0 aromatic heterocycles. The number of alkyl carbamates (subject to hydrolysis) is 1. The van der Waals surface area contributed by atoms with Crippen LogP contribution in [0.3, 0.4) is 0 Å². The lowest BCUT2D eigenvalue weighted by atomic mass is 10.2. The number of nitrogens with two attached hydrogens (primary N) is 1. The number of para-hydroxylation sites is 1. The Labute approximate surface area is 138 Å². The molecule has 6 heteroatoms. The molecule has 0 aliphatic carbocycles. The number of benzene rings is 1. The van der Waals surface area contributed by atoms with Crippen LogP contribution >= 0.6 is 0 Å². The molecule has 0 unspecified atom stereocenters. The van der Waals surface area contributed by atoms with E-state index < -0.39 is 11.7 Å². The van der Waals surface area contributed by atoms with Crippen molar-refractivity contribution in [2.45, 2.75) is 46.1 Å². The van der Waals surface area contributed by atoms with E-state index in [4.69, 9.17) is 15.2 Å². The van der Waals surface area contributed by atoms with E-state index in [1.807, 2.05) is 39.0 Å². The van der Waals surface area contributed by atoms with Crippen molar-refractivity contribution in [3.05, 3.63) is 18.2 Å². The summed E-state index contributed by atoms with van der Waals surface area (Å²) in [7, 11) is 0. The van der Waals surface area contributed by atoms with Gasteiger partial charge in [0, 0.05) is 13.1 Å². The Balaban J connectivity index is 2.32. The zero-order chi connectivity index (χ0) is 17.3. The molecule has 23 heavy (non-hydrogen) atoms. The molecule has 0 aliphatic heterocycles. The van der Waals surface area contributed by atoms with E-state index in [9.17, 15) is 4.79 Å². The molecule has 0 radical (unpaired) electrons. The van der Waals surface area contributed by atoms with Gasteiger partial charge in [-0.05, 0) is 45.7 Å². The van der Waals surface area contributed by atoms with Crippen molar-refractivity contribution in [3.63, 3.8) is 0 Å². The lowest BCUT2D eigenvalue weighted by Gasteiger charge is -2.19. The third-order valence-electron chi connectivity index (χ3n) is 2.87. The van der Waals surface area contributed by atoms with E-state index in [-0.39, 0.29) is 0 Å². The second-order valence-electron chi connectivity index (χ2n) is 6.27. The van der Waals surface area contributed by atoms with Crippen LogP contribution in [0.2, 0.25) is 0 Å². The molecular formula is C17H29N3O3. The monoisotopic (exact) mass is 323 g/mol. The molecular weight excluding hydrogens is 294 g/mol. The fraction of sp³-hybridized carbons (Fsp3) is 0.588. The molecule has 0 fully saturated rings. The third-order valence-corrected chi connectivity index (χ3v) is 2.87. The molecule has 0 saturated heterocycles. The fourth-order valence-corrected chi connectivity index (χ4v) is 1.85. The maximum atomic E-state index is 11.5. The van der Waals surface area contributed by atoms with E-state index in [0.29, 0.717) is 31.1 Å². The van der Waals surface area contributed by atoms with Crippen LogP contribution in [0.1, 0.15) is 40.5 Å². The summed E-state index contributed by atoms with van der Waals surface area (Å²) in [6.45, 7) is 9.44. The zero-order valence-electron chi connectivity index (χ0n) is 14.6. The first-order valence-corrected chi connectivity index (χ1v) is 8.05. The largest absolute Gasteiger partial charge is 0.491 e. The summed E-state index contributed by atoms with van der Waals surface area (Å²) in [5, 5.41) is 5.98. The van der Waals surface area contributed by atoms with Crippen molar-refractivity contribution >= 4 is 17.5 Å². The third kappa shape index (κ3) is 7.63. The molecule has 0 saturated carbocycles. The second-order valence-corrected chi connectivity index (χ2v) is 6.27. The van der Waals surface area contributed by atoms with Gasteiger partial charge in [-0.3, -0.25) is 0 Å². The molecule has 1 aromatic carbocycles. The van der Waals surface area contributed by atoms with Gasteiger partial charge in [0.15, 0.2) is 0 Å². The smallest absolute Gasteiger partial charge is 0.407 e. The van der Waals surface area contributed by atoms with Crippen molar-refractivity contribution < 1.29 is 14.3 Å². The Hall–Kier alpha value is -2.11. The second kappa shape index (κ2) is 9.12. The van der Waals surface area contributed by atoms with Gasteiger partial charge in [-0.2, -0.15) is 0 Å². The van der Waals surface area contributed by atoms with Crippen molar-refractivity contribution in [1.29, 1.82) is 0 Å². The highest BCUT2D eigenvalue weighted by molar-refractivity contribution is 5.73. The van der Waals surface area contributed by atoms with Crippen LogP contribution in [0.15, 0.2) is 18.2 Å². The lowest BCUT2D eigenvalue weighted by Crippen LogP contribution is -2.33. The maximum absolute atomic E-state index is 11.5. The predicted octanol–water partition coefficient (Wildman–Crippen LogP) is 3.38. The van der Waals surface area contributed by atoms with Gasteiger partial charge in [0.2, 0.25) is 0 Å². The molecule has 1 aromatic rings. The van der Waals surface area contributed by atoms with Crippen LogP contribution in [0.4, 0.5) is 16.2 Å². The van der Waals surface area contributed by atoms with Crippen molar-refractivity contribution in [3.8, 4) is 5.75 Å². The number of ether oxygens (including phenoxy) is 2. The number of rotatable bonds is 8. The highest BCUT2D eigenvalue weighted by Crippen LogP contribution is 2.29. The van der Waals surface area contributed by atoms with Gasteiger partial charge in [0.25, 0.3) is 0 Å². The predicted molar refractivity (Wildman–Crippen MR) is 94.0 cm³/mol. The molecule has 0 atom stereocenters. The van der Waals surface area contributed by atoms with Crippen molar-refractivity contribution in [2.75, 3.05) is 30.7 Å². The lowest BCUT2D eigenvalue weighted by molar-refractivity contribution is 0.0528. The first-order chi connectivity index (χ1) is 10.8. The van der Waals surface area contributed by atoms with E-state index >= 15 is 0 Å². The fourth-order valence-electron chi connectivity index (χ4n) is 1.85. The van der Waals surface area contributed by atoms with E-state index in [2.05, 4.69) is 17.6 Å². The first kappa shape index (κ1) is 18.9. The Morgan fingerprint density at radius 1 is 1.26 bits per heavy atom. The topological polar surface area (TPSA) is 85.6 Å². The van der Waals surface area contributed by atoms with Gasteiger partial charge in [-0.15, -0.1) is 0 Å². The van der Waals surface area contributed by atoms with Crippen molar-refractivity contribution in [1.82, 2.24) is 5.32 Å². The van der Waals surface area contributed by atoms with Gasteiger partial charge in [-0.1, -0.05) is 13.0 Å². The van der Waals surface area contributed by atoms with Crippen LogP contribution in [-0.4, -0.2) is 31.4 Å². The normalized spacial score (nSPS) is 11.0. The summed E-state index contributed by atoms with van der Waals surface area (Å²) in [5.74, 6) is 0.698. The Kier molecular flexibility index (Phi) is 7.51. The van der Waals surface area contributed by atoms with Gasteiger partial charge in [0.05, 0.1) is 18.0 Å². The average Bonchev–Trinajstić information content (AvgIpc) is 2.45. The SMILES string of the molecule is CCCOc1cccc(NCCCNC(=O)OC(C)(C)C)c1N. The van der Waals surface area contributed by atoms with Gasteiger partial charge in [0.1, 0.15) is 11.4 Å². The van der Waals surface area contributed by atoms with Crippen LogP contribution in [-0.2, 0) is 4.74 Å². The van der Waals surface area contributed by atoms with Gasteiger partial charge >= 0.3 is 6.09 Å². The van der Waals surface area contributed by atoms with Gasteiger partial charge < -0.3 is 25.8 Å². The van der Waals surface area contributed by atoms with Gasteiger partial charge in [-0.25, -0.2) is 4.79 Å². The molecule has 1 amide bonds. The highest BCUT2D eigenvalue weighted by atomic mass is 16.6. The molecule has 130 valence electrons. The van der Waals surface area contributed by atoms with Crippen molar-refractivity contribution in [2.24, 2.45) is 0 Å². The Bertz CT molecular complexity index is 498. The molecule has 4 N–H and O–H groups in total. The zero-order valence-corrected chi connectivity index (χ0v) is 14.6. The molecule has 1 rings (SSSR count). The standard InChI is InChI=1S/C17H29N3O3/c1-5-12-22-14-9-6-8-13(15(14)18)19-10-7-11-20-16(21)23-17(2,3)4/h6,8-9,19H,5,7,10-12,18H2,1-4H3,(H,20,21). The Morgan fingerprint density at radius 2 is 2.00 bits per heavy atom. The average molecular weight is 323 g/mol. The summed E-state index contributed by atoms with van der Waals surface area (Å²) in [6.07, 6.45) is 1.30. The number of hydrogen-bond acceptors (Lipinski definition) is 5. The van der Waals surface area contributed by atoms with E-state index in [1.54, 1.807) is 0 Å². The summed E-state index contributed by atoms with van der Waals surface area (Å²) >= 11 is 0. The summed E-state index contributed by atoms with van der Waals surface area (Å²) in [5.41, 5.74) is 7.06. The summed E-state index contributed by atoms with van der Waals surface area (Å²) in [4.78, 5) is 11.5. The number of hydrogen-bond donors (Lipinski definition) is 3. The Morgan fingerprint density at radius 3 is 2.65 bits per heavy atom. The van der Waals surface area contributed by atoms with Crippen LogP contribution < -0.4 is 21.1 Å². The van der Waals surface area contributed by atoms with E-state index in [1.165, 1.54) is 0 Å². The number of nitrogens with one attached hydrogen (secondary N) is 2. The maximum Gasteiger partial charge on any atom is 0.407 e. The number of anilines is 2. The summed E-state index contributed by atoms with van der Waals surface area (Å²) < 4.78 is 10.8. The summed E-state index contributed by atoms with van der Waals surface area (Å²) in [6, 6.07) is 5.68. The number of carbonyl (C=O) groups excluding carboxylic acids is 1. The minimum atomic E-state index is -0.476. The van der Waals surface area contributed by atoms with E-state index in [0.717, 1.165) is 18.5 Å². The molecule has 0 spiro atoms. The van der Waals surface area contributed by atoms with Crippen LogP contribution in [0.5, 0.6) is 5.75 Å². The highest BCUT2D eigenvalue weighted by Gasteiger charge is 2.15. The number of amides is 1. The minimum absolute atomic E-state index is 0.396. The quantitative estimate of drug-likeness (QED) is 0.504. The van der Waals surface area contributed by atoms with Crippen LogP contribution in [0, 0.1) is 0 Å².